The molecule has 6 heteroatoms. The zero-order valence-corrected chi connectivity index (χ0v) is 20.4. The molecule has 5 nitrogen and oxygen atoms in total. The van der Waals surface area contributed by atoms with Crippen LogP contribution in [0.1, 0.15) is 30.0 Å². The summed E-state index contributed by atoms with van der Waals surface area (Å²) in [5, 5.41) is 3.54. The highest BCUT2D eigenvalue weighted by Crippen LogP contribution is 2.18. The topological polar surface area (TPSA) is 58.6 Å². The van der Waals surface area contributed by atoms with Gasteiger partial charge in [-0.15, -0.1) is 0 Å². The fourth-order valence-electron chi connectivity index (χ4n) is 3.61. The molecule has 0 unspecified atom stereocenters. The lowest BCUT2D eigenvalue weighted by atomic mass is 10.0. The highest BCUT2D eigenvalue weighted by Gasteiger charge is 2.30. The fourth-order valence-corrected chi connectivity index (χ4v) is 3.83. The Morgan fingerprint density at radius 3 is 2.35 bits per heavy atom. The number of carbonyl (C=O) groups is 2. The zero-order chi connectivity index (χ0) is 24.3. The Hall–Kier alpha value is -3.31. The zero-order valence-electron chi connectivity index (χ0n) is 19.7. The van der Waals surface area contributed by atoms with Crippen molar-refractivity contribution in [2.75, 3.05) is 13.2 Å². The molecule has 3 aromatic carbocycles. The third-order valence-corrected chi connectivity index (χ3v) is 5.68. The number of nitrogens with zero attached hydrogens (tertiary/aromatic N) is 1. The molecule has 3 rings (SSSR count). The van der Waals surface area contributed by atoms with E-state index in [1.54, 1.807) is 11.0 Å². The van der Waals surface area contributed by atoms with Gasteiger partial charge in [-0.3, -0.25) is 9.59 Å². The standard InChI is InChI=1S/C28H31ClN2O3/c1-3-16-30-28(33)26(18-22-8-5-4-6-9-22)31(19-23-10-7-11-24(29)17-23)27(32)20-34-25-14-12-21(2)13-15-25/h4-15,17,26H,3,16,18-20H2,1-2H3,(H,30,33)/t26-/m0/s1. The first kappa shape index (κ1) is 25.3. The molecule has 0 heterocycles. The highest BCUT2D eigenvalue weighted by molar-refractivity contribution is 6.30. The quantitative estimate of drug-likeness (QED) is 0.412. The minimum absolute atomic E-state index is 0.171. The van der Waals surface area contributed by atoms with Crippen molar-refractivity contribution < 1.29 is 14.3 Å². The summed E-state index contributed by atoms with van der Waals surface area (Å²) in [6.07, 6.45) is 1.20. The number of benzene rings is 3. The molecule has 0 aromatic heterocycles. The largest absolute Gasteiger partial charge is 0.484 e. The van der Waals surface area contributed by atoms with Gasteiger partial charge in [0.15, 0.2) is 6.61 Å². The van der Waals surface area contributed by atoms with E-state index in [2.05, 4.69) is 5.32 Å². The van der Waals surface area contributed by atoms with Gasteiger partial charge < -0.3 is 15.0 Å². The summed E-state index contributed by atoms with van der Waals surface area (Å²) in [5.41, 5.74) is 2.93. The van der Waals surface area contributed by atoms with Crippen molar-refractivity contribution in [1.29, 1.82) is 0 Å². The molecule has 0 saturated carbocycles. The average Bonchev–Trinajstić information content (AvgIpc) is 2.85. The van der Waals surface area contributed by atoms with Crippen LogP contribution >= 0.6 is 11.6 Å². The van der Waals surface area contributed by atoms with Crippen molar-refractivity contribution in [3.8, 4) is 5.75 Å². The van der Waals surface area contributed by atoms with Crippen molar-refractivity contribution in [3.63, 3.8) is 0 Å². The SMILES string of the molecule is CCCNC(=O)[C@H](Cc1ccccc1)N(Cc1cccc(Cl)c1)C(=O)COc1ccc(C)cc1. The number of aryl methyl sites for hydroxylation is 1. The molecule has 0 saturated heterocycles. The molecule has 0 radical (unpaired) electrons. The number of carbonyl (C=O) groups excluding carboxylic acids is 2. The minimum atomic E-state index is -0.693. The Kier molecular flexibility index (Phi) is 9.53. The van der Waals surface area contributed by atoms with Crippen molar-refractivity contribution in [3.05, 3.63) is 101 Å². The lowest BCUT2D eigenvalue weighted by Gasteiger charge is -2.31. The molecule has 0 aliphatic rings. The van der Waals surface area contributed by atoms with E-state index in [0.717, 1.165) is 23.1 Å². The normalized spacial score (nSPS) is 11.5. The van der Waals surface area contributed by atoms with Gasteiger partial charge in [0.2, 0.25) is 5.91 Å². The maximum Gasteiger partial charge on any atom is 0.261 e. The van der Waals surface area contributed by atoms with Crippen molar-refractivity contribution in [1.82, 2.24) is 10.2 Å². The Morgan fingerprint density at radius 2 is 1.68 bits per heavy atom. The maximum atomic E-state index is 13.5. The number of nitrogens with one attached hydrogen (secondary N) is 1. The number of hydrogen-bond acceptors (Lipinski definition) is 3. The second-order valence-electron chi connectivity index (χ2n) is 8.25. The predicted molar refractivity (Wildman–Crippen MR) is 136 cm³/mol. The molecule has 0 bridgehead atoms. The van der Waals surface area contributed by atoms with Crippen LogP contribution < -0.4 is 10.1 Å². The Bertz CT molecular complexity index is 1070. The third kappa shape index (κ3) is 7.63. The summed E-state index contributed by atoms with van der Waals surface area (Å²) in [6, 6.07) is 23.9. The first-order chi connectivity index (χ1) is 16.5. The van der Waals surface area contributed by atoms with E-state index < -0.39 is 6.04 Å². The molecule has 0 aliphatic carbocycles. The Labute approximate surface area is 206 Å². The van der Waals surface area contributed by atoms with Gasteiger partial charge in [0.25, 0.3) is 5.91 Å². The smallest absolute Gasteiger partial charge is 0.261 e. The van der Waals surface area contributed by atoms with Crippen LogP contribution in [0.25, 0.3) is 0 Å². The molecule has 3 aromatic rings. The molecule has 0 fully saturated rings. The summed E-state index contributed by atoms with van der Waals surface area (Å²) in [4.78, 5) is 28.3. The van der Waals surface area contributed by atoms with Gasteiger partial charge in [0.1, 0.15) is 11.8 Å². The number of hydrogen-bond donors (Lipinski definition) is 1. The Balaban J connectivity index is 1.88. The van der Waals surface area contributed by atoms with Crippen LogP contribution in [0, 0.1) is 6.92 Å². The summed E-state index contributed by atoms with van der Waals surface area (Å²) in [6.45, 7) is 4.61. The molecule has 0 spiro atoms. The summed E-state index contributed by atoms with van der Waals surface area (Å²) in [5.74, 6) is 0.154. The lowest BCUT2D eigenvalue weighted by Crippen LogP contribution is -2.51. The number of halogens is 1. The van der Waals surface area contributed by atoms with Crippen LogP contribution in [0.15, 0.2) is 78.9 Å². The van der Waals surface area contributed by atoms with Crippen LogP contribution in [0.3, 0.4) is 0 Å². The van der Waals surface area contributed by atoms with Crippen LogP contribution in [0.5, 0.6) is 5.75 Å². The number of ether oxygens (including phenoxy) is 1. The van der Waals surface area contributed by atoms with Crippen molar-refractivity contribution >= 4 is 23.4 Å². The van der Waals surface area contributed by atoms with E-state index in [1.165, 1.54) is 0 Å². The van der Waals surface area contributed by atoms with Crippen LogP contribution in [-0.2, 0) is 22.6 Å². The number of rotatable bonds is 11. The monoisotopic (exact) mass is 478 g/mol. The fraction of sp³-hybridized carbons (Fsp3) is 0.286. The van der Waals surface area contributed by atoms with Gasteiger partial charge in [-0.1, -0.05) is 78.7 Å². The van der Waals surface area contributed by atoms with E-state index in [4.69, 9.17) is 16.3 Å². The molecule has 34 heavy (non-hydrogen) atoms. The van der Waals surface area contributed by atoms with Crippen LogP contribution in [-0.4, -0.2) is 35.9 Å². The first-order valence-corrected chi connectivity index (χ1v) is 11.9. The summed E-state index contributed by atoms with van der Waals surface area (Å²) < 4.78 is 5.78. The van der Waals surface area contributed by atoms with E-state index in [1.807, 2.05) is 86.6 Å². The maximum absolute atomic E-state index is 13.5. The van der Waals surface area contributed by atoms with Crippen LogP contribution in [0.2, 0.25) is 5.02 Å². The van der Waals surface area contributed by atoms with Crippen LogP contribution in [0.4, 0.5) is 0 Å². The van der Waals surface area contributed by atoms with Crippen molar-refractivity contribution in [2.45, 2.75) is 39.3 Å². The predicted octanol–water partition coefficient (Wildman–Crippen LogP) is 5.19. The molecule has 178 valence electrons. The first-order valence-electron chi connectivity index (χ1n) is 11.5. The molecule has 2 amide bonds. The second kappa shape index (κ2) is 12.8. The van der Waals surface area contributed by atoms with E-state index in [0.29, 0.717) is 23.7 Å². The van der Waals surface area contributed by atoms with Gasteiger partial charge in [0, 0.05) is 24.5 Å². The number of amides is 2. The third-order valence-electron chi connectivity index (χ3n) is 5.45. The van der Waals surface area contributed by atoms with Gasteiger partial charge in [-0.25, -0.2) is 0 Å². The average molecular weight is 479 g/mol. The van der Waals surface area contributed by atoms with E-state index in [9.17, 15) is 9.59 Å². The molecule has 0 aliphatic heterocycles. The highest BCUT2D eigenvalue weighted by atomic mass is 35.5. The Morgan fingerprint density at radius 1 is 0.971 bits per heavy atom. The van der Waals surface area contributed by atoms with E-state index >= 15 is 0 Å². The second-order valence-corrected chi connectivity index (χ2v) is 8.69. The minimum Gasteiger partial charge on any atom is -0.484 e. The molecule has 1 N–H and O–H groups in total. The summed E-state index contributed by atoms with van der Waals surface area (Å²) >= 11 is 6.19. The summed E-state index contributed by atoms with van der Waals surface area (Å²) in [7, 11) is 0. The van der Waals surface area contributed by atoms with Gasteiger partial charge >= 0.3 is 0 Å². The van der Waals surface area contributed by atoms with Gasteiger partial charge in [-0.05, 0) is 48.7 Å². The lowest BCUT2D eigenvalue weighted by molar-refractivity contribution is -0.142. The van der Waals surface area contributed by atoms with Gasteiger partial charge in [-0.2, -0.15) is 0 Å². The van der Waals surface area contributed by atoms with Gasteiger partial charge in [0.05, 0.1) is 0 Å². The molecular formula is C28H31ClN2O3. The molecular weight excluding hydrogens is 448 g/mol. The van der Waals surface area contributed by atoms with Crippen molar-refractivity contribution in [2.24, 2.45) is 0 Å². The molecule has 1 atom stereocenters. The van der Waals surface area contributed by atoms with E-state index in [-0.39, 0.29) is 25.0 Å².